The molecule has 0 aliphatic rings. The van der Waals surface area contributed by atoms with E-state index in [4.69, 9.17) is 28.5 Å². The van der Waals surface area contributed by atoms with Gasteiger partial charge >= 0.3 is 0 Å². The van der Waals surface area contributed by atoms with Crippen LogP contribution in [-0.2, 0) is 0 Å². The van der Waals surface area contributed by atoms with E-state index in [1.807, 2.05) is 29.6 Å². The minimum absolute atomic E-state index is 0.518. The highest BCUT2D eigenvalue weighted by atomic mass is 35.5. The molecule has 3 rings (SSSR count). The van der Waals surface area contributed by atoms with Crippen molar-refractivity contribution in [3.05, 3.63) is 63.5 Å². The van der Waals surface area contributed by atoms with Gasteiger partial charge in [-0.15, -0.1) is 11.3 Å². The summed E-state index contributed by atoms with van der Waals surface area (Å²) in [4.78, 5) is 4.61. The second kappa shape index (κ2) is 5.87. The van der Waals surface area contributed by atoms with Gasteiger partial charge in [0.05, 0.1) is 27.4 Å². The minimum Gasteiger partial charge on any atom is -0.236 e. The van der Waals surface area contributed by atoms with E-state index >= 15 is 0 Å². The maximum Gasteiger partial charge on any atom is 0.124 e. The molecule has 0 saturated carbocycles. The number of nitrogens with zero attached hydrogens (tertiary/aromatic N) is 2. The topological polar surface area (TPSA) is 36.7 Å². The number of halogens is 2. The molecule has 0 bridgehead atoms. The van der Waals surface area contributed by atoms with Gasteiger partial charge in [0, 0.05) is 16.5 Å². The smallest absolute Gasteiger partial charge is 0.124 e. The third-order valence-electron chi connectivity index (χ3n) is 2.98. The van der Waals surface area contributed by atoms with E-state index < -0.39 is 0 Å². The van der Waals surface area contributed by atoms with Crippen LogP contribution in [0.3, 0.4) is 0 Å². The number of nitriles is 1. The summed E-state index contributed by atoms with van der Waals surface area (Å²) in [6.45, 7) is 0. The molecule has 0 unspecified atom stereocenters. The Morgan fingerprint density at radius 3 is 2.33 bits per heavy atom. The van der Waals surface area contributed by atoms with E-state index in [1.165, 1.54) is 0 Å². The molecule has 0 atom stereocenters. The van der Waals surface area contributed by atoms with Crippen molar-refractivity contribution in [2.24, 2.45) is 0 Å². The summed E-state index contributed by atoms with van der Waals surface area (Å²) in [7, 11) is 0. The van der Waals surface area contributed by atoms with E-state index in [1.54, 1.807) is 29.5 Å². The lowest BCUT2D eigenvalue weighted by atomic mass is 10.1. The van der Waals surface area contributed by atoms with Crippen LogP contribution in [0.25, 0.3) is 21.8 Å². The Hall–Kier alpha value is -1.86. The predicted molar refractivity (Wildman–Crippen MR) is 87.7 cm³/mol. The standard InChI is InChI=1S/C16H8Cl2N2S/c17-13-6-5-12(7-14(13)18)16-20-15(9-21-16)11-3-1-10(8-19)2-4-11/h1-7,9H. The zero-order chi connectivity index (χ0) is 14.8. The summed E-state index contributed by atoms with van der Waals surface area (Å²) in [5.74, 6) is 0. The van der Waals surface area contributed by atoms with Crippen molar-refractivity contribution in [2.75, 3.05) is 0 Å². The summed E-state index contributed by atoms with van der Waals surface area (Å²) in [6.07, 6.45) is 0. The van der Waals surface area contributed by atoms with Crippen LogP contribution in [0.5, 0.6) is 0 Å². The second-order valence-corrected chi connectivity index (χ2v) is 6.03. The van der Waals surface area contributed by atoms with E-state index in [9.17, 15) is 0 Å². The van der Waals surface area contributed by atoms with Crippen LogP contribution in [0, 0.1) is 11.3 Å². The Morgan fingerprint density at radius 2 is 1.67 bits per heavy atom. The van der Waals surface area contributed by atoms with Crippen LogP contribution in [0.15, 0.2) is 47.8 Å². The highest BCUT2D eigenvalue weighted by molar-refractivity contribution is 7.13. The van der Waals surface area contributed by atoms with E-state index in [2.05, 4.69) is 11.1 Å². The number of hydrogen-bond acceptors (Lipinski definition) is 3. The average molecular weight is 331 g/mol. The summed E-state index contributed by atoms with van der Waals surface area (Å²) >= 11 is 13.5. The molecule has 2 nitrogen and oxygen atoms in total. The van der Waals surface area contributed by atoms with Gasteiger partial charge in [0.2, 0.25) is 0 Å². The number of benzene rings is 2. The largest absolute Gasteiger partial charge is 0.236 e. The first-order chi connectivity index (χ1) is 10.2. The van der Waals surface area contributed by atoms with Gasteiger partial charge in [0.15, 0.2) is 0 Å². The van der Waals surface area contributed by atoms with Gasteiger partial charge in [-0.3, -0.25) is 0 Å². The Bertz CT molecular complexity index is 832. The zero-order valence-corrected chi connectivity index (χ0v) is 13.0. The van der Waals surface area contributed by atoms with Crippen molar-refractivity contribution in [1.82, 2.24) is 4.98 Å². The van der Waals surface area contributed by atoms with Gasteiger partial charge < -0.3 is 0 Å². The third kappa shape index (κ3) is 2.93. The van der Waals surface area contributed by atoms with Crippen LogP contribution in [0.4, 0.5) is 0 Å². The summed E-state index contributed by atoms with van der Waals surface area (Å²) in [5, 5.41) is 12.7. The normalized spacial score (nSPS) is 10.3. The molecule has 0 N–H and O–H groups in total. The monoisotopic (exact) mass is 330 g/mol. The highest BCUT2D eigenvalue weighted by Gasteiger charge is 2.08. The molecule has 0 radical (unpaired) electrons. The van der Waals surface area contributed by atoms with Crippen molar-refractivity contribution in [3.63, 3.8) is 0 Å². The first-order valence-corrected chi connectivity index (χ1v) is 7.72. The van der Waals surface area contributed by atoms with Gasteiger partial charge in [-0.1, -0.05) is 41.4 Å². The molecule has 0 spiro atoms. The highest BCUT2D eigenvalue weighted by Crippen LogP contribution is 2.32. The van der Waals surface area contributed by atoms with Crippen molar-refractivity contribution in [1.29, 1.82) is 5.26 Å². The second-order valence-electron chi connectivity index (χ2n) is 4.36. The molecule has 0 amide bonds. The number of rotatable bonds is 2. The maximum atomic E-state index is 8.81. The molecule has 2 aromatic carbocycles. The fraction of sp³-hybridized carbons (Fsp3) is 0. The van der Waals surface area contributed by atoms with E-state index in [-0.39, 0.29) is 0 Å². The Kier molecular flexibility index (Phi) is 3.94. The molecule has 1 aromatic heterocycles. The van der Waals surface area contributed by atoms with Crippen molar-refractivity contribution in [2.45, 2.75) is 0 Å². The minimum atomic E-state index is 0.518. The Morgan fingerprint density at radius 1 is 0.952 bits per heavy atom. The fourth-order valence-electron chi connectivity index (χ4n) is 1.88. The number of hydrogen-bond donors (Lipinski definition) is 0. The van der Waals surface area contributed by atoms with Gasteiger partial charge in [0.25, 0.3) is 0 Å². The molecule has 0 aliphatic carbocycles. The van der Waals surface area contributed by atoms with E-state index in [0.29, 0.717) is 15.6 Å². The van der Waals surface area contributed by atoms with Crippen LogP contribution in [0.1, 0.15) is 5.56 Å². The first kappa shape index (κ1) is 14.1. The lowest BCUT2D eigenvalue weighted by Gasteiger charge is -1.99. The summed E-state index contributed by atoms with van der Waals surface area (Å²) in [5.41, 5.74) is 3.44. The van der Waals surface area contributed by atoms with Crippen LogP contribution in [0.2, 0.25) is 10.0 Å². The fourth-order valence-corrected chi connectivity index (χ4v) is 3.01. The van der Waals surface area contributed by atoms with E-state index in [0.717, 1.165) is 21.8 Å². The van der Waals surface area contributed by atoms with Gasteiger partial charge in [-0.2, -0.15) is 5.26 Å². The number of aromatic nitrogens is 1. The average Bonchev–Trinajstić information content (AvgIpc) is 3.00. The molecular formula is C16H8Cl2N2S. The SMILES string of the molecule is N#Cc1ccc(-c2csc(-c3ccc(Cl)c(Cl)c3)n2)cc1. The molecule has 0 aliphatic heterocycles. The lowest BCUT2D eigenvalue weighted by molar-refractivity contribution is 1.40. The van der Waals surface area contributed by atoms with Gasteiger partial charge in [0.1, 0.15) is 5.01 Å². The molecule has 21 heavy (non-hydrogen) atoms. The zero-order valence-electron chi connectivity index (χ0n) is 10.7. The van der Waals surface area contributed by atoms with Crippen molar-refractivity contribution < 1.29 is 0 Å². The molecular weight excluding hydrogens is 323 g/mol. The predicted octanol–water partition coefficient (Wildman–Crippen LogP) is 5.66. The van der Waals surface area contributed by atoms with Crippen molar-refractivity contribution >= 4 is 34.5 Å². The summed E-state index contributed by atoms with van der Waals surface area (Å²) < 4.78 is 0. The van der Waals surface area contributed by atoms with Gasteiger partial charge in [-0.25, -0.2) is 4.98 Å². The third-order valence-corrected chi connectivity index (χ3v) is 4.61. The van der Waals surface area contributed by atoms with Gasteiger partial charge in [-0.05, 0) is 24.3 Å². The van der Waals surface area contributed by atoms with Crippen molar-refractivity contribution in [3.8, 4) is 27.9 Å². The molecule has 1 heterocycles. The molecule has 3 aromatic rings. The Labute approximate surface area is 136 Å². The lowest BCUT2D eigenvalue weighted by Crippen LogP contribution is -1.81. The van der Waals surface area contributed by atoms with Crippen LogP contribution >= 0.6 is 34.5 Å². The number of thiazole rings is 1. The quantitative estimate of drug-likeness (QED) is 0.608. The Balaban J connectivity index is 1.95. The van der Waals surface area contributed by atoms with Crippen LogP contribution in [-0.4, -0.2) is 4.98 Å². The first-order valence-electron chi connectivity index (χ1n) is 6.09. The van der Waals surface area contributed by atoms with Crippen LogP contribution < -0.4 is 0 Å². The molecule has 102 valence electrons. The summed E-state index contributed by atoms with van der Waals surface area (Å²) in [6, 6.07) is 14.9. The molecule has 5 heteroatoms. The molecule has 0 fully saturated rings. The molecule has 0 saturated heterocycles. The maximum absolute atomic E-state index is 8.81.